The Labute approximate surface area is 143 Å². The molecule has 2 aromatic heterocycles. The third-order valence-corrected chi connectivity index (χ3v) is 3.92. The number of aromatic nitrogens is 2. The molecule has 2 heterocycles. The lowest BCUT2D eigenvalue weighted by molar-refractivity contribution is 0.0955. The van der Waals surface area contributed by atoms with Crippen molar-refractivity contribution in [2.75, 3.05) is 18.4 Å². The monoisotopic (exact) mass is 332 g/mol. The smallest absolute Gasteiger partial charge is 0.251 e. The number of hydrogen-bond acceptors (Lipinski definition) is 5. The van der Waals surface area contributed by atoms with E-state index in [-0.39, 0.29) is 5.91 Å². The fourth-order valence-electron chi connectivity index (χ4n) is 2.73. The Bertz CT molecular complexity index is 1030. The molecule has 0 aliphatic rings. The summed E-state index contributed by atoms with van der Waals surface area (Å²) in [5, 5.41) is 8.03. The molecular weight excluding hydrogens is 316 g/mol. The van der Waals surface area contributed by atoms with Crippen molar-refractivity contribution >= 4 is 33.7 Å². The average molecular weight is 332 g/mol. The molecule has 0 aliphatic heterocycles. The number of amides is 1. The SMILES string of the molecule is O=C(NCCNc1cnccn1)c1ccc2c(c1)oc1ccccc12. The molecule has 6 heteroatoms. The average Bonchev–Trinajstić information content (AvgIpc) is 3.03. The minimum Gasteiger partial charge on any atom is -0.456 e. The van der Waals surface area contributed by atoms with Gasteiger partial charge in [0.15, 0.2) is 0 Å². The van der Waals surface area contributed by atoms with Gasteiger partial charge < -0.3 is 15.1 Å². The van der Waals surface area contributed by atoms with Crippen molar-refractivity contribution in [1.82, 2.24) is 15.3 Å². The Kier molecular flexibility index (Phi) is 4.00. The summed E-state index contributed by atoms with van der Waals surface area (Å²) in [5.74, 6) is 0.545. The second-order valence-corrected chi connectivity index (χ2v) is 5.58. The number of rotatable bonds is 5. The van der Waals surface area contributed by atoms with E-state index in [1.54, 1.807) is 24.7 Å². The summed E-state index contributed by atoms with van der Waals surface area (Å²) >= 11 is 0. The van der Waals surface area contributed by atoms with Gasteiger partial charge in [-0.25, -0.2) is 4.98 Å². The van der Waals surface area contributed by atoms with Crippen molar-refractivity contribution in [2.45, 2.75) is 0 Å². The molecule has 0 saturated heterocycles. The molecule has 0 spiro atoms. The summed E-state index contributed by atoms with van der Waals surface area (Å²) in [6.07, 6.45) is 4.86. The molecule has 4 rings (SSSR count). The number of para-hydroxylation sites is 1. The number of nitrogens with zero attached hydrogens (tertiary/aromatic N) is 2. The van der Waals surface area contributed by atoms with Gasteiger partial charge in [-0.05, 0) is 24.3 Å². The highest BCUT2D eigenvalue weighted by Gasteiger charge is 2.10. The van der Waals surface area contributed by atoms with Crippen LogP contribution in [-0.4, -0.2) is 29.0 Å². The Morgan fingerprint density at radius 2 is 1.88 bits per heavy atom. The van der Waals surface area contributed by atoms with Gasteiger partial charge >= 0.3 is 0 Å². The van der Waals surface area contributed by atoms with Crippen LogP contribution in [0.15, 0.2) is 65.5 Å². The van der Waals surface area contributed by atoms with E-state index in [1.807, 2.05) is 36.4 Å². The van der Waals surface area contributed by atoms with Gasteiger partial charge in [-0.3, -0.25) is 9.78 Å². The zero-order chi connectivity index (χ0) is 17.1. The van der Waals surface area contributed by atoms with Gasteiger partial charge in [0.05, 0.1) is 6.20 Å². The minimum absolute atomic E-state index is 0.136. The van der Waals surface area contributed by atoms with E-state index < -0.39 is 0 Å². The summed E-state index contributed by atoms with van der Waals surface area (Å²) < 4.78 is 5.82. The van der Waals surface area contributed by atoms with E-state index in [4.69, 9.17) is 4.42 Å². The Morgan fingerprint density at radius 3 is 2.76 bits per heavy atom. The first kappa shape index (κ1) is 15.1. The van der Waals surface area contributed by atoms with Gasteiger partial charge in [0.25, 0.3) is 5.91 Å². The lowest BCUT2D eigenvalue weighted by Gasteiger charge is -2.07. The standard InChI is InChI=1S/C19H16N4O2/c24-19(23-10-9-22-18-12-20-7-8-21-18)13-5-6-15-14-3-1-2-4-16(14)25-17(15)11-13/h1-8,11-12H,9-10H2,(H,21,22)(H,23,24). The van der Waals surface area contributed by atoms with Crippen molar-refractivity contribution in [3.05, 3.63) is 66.6 Å². The fraction of sp³-hybridized carbons (Fsp3) is 0.105. The van der Waals surface area contributed by atoms with Crippen LogP contribution in [0.25, 0.3) is 21.9 Å². The molecule has 0 unspecified atom stereocenters. The quantitative estimate of drug-likeness (QED) is 0.549. The number of nitrogens with one attached hydrogen (secondary N) is 2. The maximum atomic E-state index is 12.3. The van der Waals surface area contributed by atoms with E-state index in [2.05, 4.69) is 20.6 Å². The fourth-order valence-corrected chi connectivity index (χ4v) is 2.73. The van der Waals surface area contributed by atoms with Crippen molar-refractivity contribution < 1.29 is 9.21 Å². The molecule has 6 nitrogen and oxygen atoms in total. The minimum atomic E-state index is -0.136. The van der Waals surface area contributed by atoms with E-state index in [9.17, 15) is 4.79 Å². The number of carbonyl (C=O) groups excluding carboxylic acids is 1. The summed E-state index contributed by atoms with van der Waals surface area (Å²) in [7, 11) is 0. The molecular formula is C19H16N4O2. The molecule has 2 N–H and O–H groups in total. The van der Waals surface area contributed by atoms with Crippen molar-refractivity contribution in [2.24, 2.45) is 0 Å². The van der Waals surface area contributed by atoms with Crippen LogP contribution in [0, 0.1) is 0 Å². The number of carbonyl (C=O) groups is 1. The zero-order valence-electron chi connectivity index (χ0n) is 13.4. The number of furan rings is 1. The highest BCUT2D eigenvalue weighted by atomic mass is 16.3. The molecule has 0 fully saturated rings. The van der Waals surface area contributed by atoms with E-state index in [1.165, 1.54) is 0 Å². The van der Waals surface area contributed by atoms with E-state index in [0.717, 1.165) is 16.4 Å². The molecule has 4 aromatic rings. The first-order chi connectivity index (χ1) is 12.3. The maximum absolute atomic E-state index is 12.3. The number of benzene rings is 2. The highest BCUT2D eigenvalue weighted by molar-refractivity contribution is 6.07. The van der Waals surface area contributed by atoms with Gasteiger partial charge in [-0.1, -0.05) is 18.2 Å². The predicted octanol–water partition coefficient (Wildman–Crippen LogP) is 3.22. The molecule has 0 aliphatic carbocycles. The van der Waals surface area contributed by atoms with Gasteiger partial charge in [0.2, 0.25) is 0 Å². The molecule has 0 atom stereocenters. The topological polar surface area (TPSA) is 80.0 Å². The Balaban J connectivity index is 1.42. The third kappa shape index (κ3) is 3.14. The molecule has 1 amide bonds. The van der Waals surface area contributed by atoms with Crippen LogP contribution in [0.5, 0.6) is 0 Å². The number of anilines is 1. The first-order valence-electron chi connectivity index (χ1n) is 8.01. The number of fused-ring (bicyclic) bond motifs is 3. The lowest BCUT2D eigenvalue weighted by atomic mass is 10.1. The lowest BCUT2D eigenvalue weighted by Crippen LogP contribution is -2.28. The largest absolute Gasteiger partial charge is 0.456 e. The normalized spacial score (nSPS) is 10.9. The Hall–Kier alpha value is -3.41. The summed E-state index contributed by atoms with van der Waals surface area (Å²) in [4.78, 5) is 20.4. The van der Waals surface area contributed by atoms with Crippen LogP contribution < -0.4 is 10.6 Å². The molecule has 2 aromatic carbocycles. The second-order valence-electron chi connectivity index (χ2n) is 5.58. The highest BCUT2D eigenvalue weighted by Crippen LogP contribution is 2.28. The number of hydrogen-bond donors (Lipinski definition) is 2. The maximum Gasteiger partial charge on any atom is 0.251 e. The summed E-state index contributed by atoms with van der Waals surface area (Å²) in [6, 6.07) is 13.4. The van der Waals surface area contributed by atoms with Gasteiger partial charge in [-0.15, -0.1) is 0 Å². The Morgan fingerprint density at radius 1 is 1.00 bits per heavy atom. The zero-order valence-corrected chi connectivity index (χ0v) is 13.4. The van der Waals surface area contributed by atoms with Crippen LogP contribution in [-0.2, 0) is 0 Å². The molecule has 0 radical (unpaired) electrons. The molecule has 124 valence electrons. The predicted molar refractivity (Wildman–Crippen MR) is 96.6 cm³/mol. The van der Waals surface area contributed by atoms with Crippen LogP contribution in [0.4, 0.5) is 5.82 Å². The van der Waals surface area contributed by atoms with Crippen LogP contribution >= 0.6 is 0 Å². The van der Waals surface area contributed by atoms with Gasteiger partial charge in [-0.2, -0.15) is 0 Å². The van der Waals surface area contributed by atoms with Gasteiger partial charge in [0.1, 0.15) is 17.0 Å². The second kappa shape index (κ2) is 6.60. The molecule has 25 heavy (non-hydrogen) atoms. The van der Waals surface area contributed by atoms with Gasteiger partial charge in [0, 0.05) is 41.8 Å². The van der Waals surface area contributed by atoms with Crippen LogP contribution in [0.1, 0.15) is 10.4 Å². The summed E-state index contributed by atoms with van der Waals surface area (Å²) in [6.45, 7) is 1.05. The van der Waals surface area contributed by atoms with Crippen LogP contribution in [0.3, 0.4) is 0 Å². The van der Waals surface area contributed by atoms with E-state index in [0.29, 0.717) is 30.1 Å². The van der Waals surface area contributed by atoms with Crippen LogP contribution in [0.2, 0.25) is 0 Å². The summed E-state index contributed by atoms with van der Waals surface area (Å²) in [5.41, 5.74) is 2.11. The van der Waals surface area contributed by atoms with Crippen molar-refractivity contribution in [3.63, 3.8) is 0 Å². The first-order valence-corrected chi connectivity index (χ1v) is 8.01. The van der Waals surface area contributed by atoms with Crippen molar-refractivity contribution in [3.8, 4) is 0 Å². The third-order valence-electron chi connectivity index (χ3n) is 3.92. The van der Waals surface area contributed by atoms with E-state index >= 15 is 0 Å². The molecule has 0 saturated carbocycles. The van der Waals surface area contributed by atoms with Crippen molar-refractivity contribution in [1.29, 1.82) is 0 Å². The molecule has 0 bridgehead atoms.